The standard InChI is InChI=1S/C6H13N2O/c1-2-5(3-7)6-4-8(6)9/h5-6H,2-4,7H2,1H3/q-1. The maximum atomic E-state index is 10.5. The normalized spacial score (nSPS) is 36.3. The molecular weight excluding hydrogens is 116 g/mol. The highest BCUT2D eigenvalue weighted by Crippen LogP contribution is 2.24. The van der Waals surface area contributed by atoms with Gasteiger partial charge in [0.15, 0.2) is 0 Å². The summed E-state index contributed by atoms with van der Waals surface area (Å²) in [6, 6.07) is 0.250. The zero-order chi connectivity index (χ0) is 6.85. The van der Waals surface area contributed by atoms with Gasteiger partial charge in [0.1, 0.15) is 0 Å². The van der Waals surface area contributed by atoms with E-state index in [0.29, 0.717) is 19.0 Å². The summed E-state index contributed by atoms with van der Waals surface area (Å²) >= 11 is 0. The Bertz CT molecular complexity index is 93.1. The first-order valence-corrected chi connectivity index (χ1v) is 3.43. The largest absolute Gasteiger partial charge is 0.785 e. The molecule has 1 aliphatic heterocycles. The minimum absolute atomic E-state index is 0.250. The molecule has 1 saturated heterocycles. The van der Waals surface area contributed by atoms with Crippen LogP contribution in [0.4, 0.5) is 0 Å². The number of hydrogen-bond donors (Lipinski definition) is 1. The van der Waals surface area contributed by atoms with Gasteiger partial charge in [0.05, 0.1) is 0 Å². The molecule has 3 unspecified atom stereocenters. The van der Waals surface area contributed by atoms with E-state index < -0.39 is 0 Å². The molecule has 9 heavy (non-hydrogen) atoms. The first-order valence-electron chi connectivity index (χ1n) is 3.43. The first-order chi connectivity index (χ1) is 4.29. The van der Waals surface area contributed by atoms with Crippen molar-refractivity contribution in [3.63, 3.8) is 0 Å². The molecule has 0 aliphatic carbocycles. The van der Waals surface area contributed by atoms with Crippen LogP contribution in [0.2, 0.25) is 0 Å². The Balaban J connectivity index is 2.23. The smallest absolute Gasteiger partial charge is 0.0136 e. The molecule has 0 spiro atoms. The van der Waals surface area contributed by atoms with Crippen molar-refractivity contribution >= 4 is 0 Å². The molecule has 0 aromatic heterocycles. The average Bonchev–Trinajstić information content (AvgIpc) is 2.51. The number of nitrogens with zero attached hydrogens (tertiary/aromatic N) is 1. The van der Waals surface area contributed by atoms with Crippen LogP contribution in [0, 0.1) is 11.1 Å². The van der Waals surface area contributed by atoms with Crippen LogP contribution in [0.3, 0.4) is 0 Å². The van der Waals surface area contributed by atoms with Crippen molar-refractivity contribution in [2.45, 2.75) is 19.4 Å². The predicted molar refractivity (Wildman–Crippen MR) is 36.7 cm³/mol. The van der Waals surface area contributed by atoms with Gasteiger partial charge in [-0.2, -0.15) is 0 Å². The Morgan fingerprint density at radius 3 is 2.56 bits per heavy atom. The fraction of sp³-hybridized carbons (Fsp3) is 1.00. The SMILES string of the molecule is CCC(CN)C1CN1[O-]. The Morgan fingerprint density at radius 2 is 2.44 bits per heavy atom. The molecule has 0 bridgehead atoms. The third kappa shape index (κ3) is 1.41. The molecule has 0 aromatic rings. The minimum atomic E-state index is 0.250. The maximum absolute atomic E-state index is 10.5. The van der Waals surface area contributed by atoms with Gasteiger partial charge in [-0.3, -0.25) is 0 Å². The summed E-state index contributed by atoms with van der Waals surface area (Å²) in [6.07, 6.45) is 1.03. The summed E-state index contributed by atoms with van der Waals surface area (Å²) in [5, 5.41) is 11.6. The Kier molecular flexibility index (Phi) is 2.05. The zero-order valence-corrected chi connectivity index (χ0v) is 5.71. The molecule has 3 atom stereocenters. The lowest BCUT2D eigenvalue weighted by Gasteiger charge is -2.13. The molecule has 3 heteroatoms. The van der Waals surface area contributed by atoms with Crippen LogP contribution in [0.1, 0.15) is 13.3 Å². The fourth-order valence-corrected chi connectivity index (χ4v) is 1.12. The first kappa shape index (κ1) is 6.99. The van der Waals surface area contributed by atoms with E-state index in [1.54, 1.807) is 0 Å². The summed E-state index contributed by atoms with van der Waals surface area (Å²) in [5.41, 5.74) is 5.42. The Morgan fingerprint density at radius 1 is 1.89 bits per heavy atom. The van der Waals surface area contributed by atoms with Gasteiger partial charge >= 0.3 is 0 Å². The lowest BCUT2D eigenvalue weighted by molar-refractivity contribution is 0.457. The van der Waals surface area contributed by atoms with Gasteiger partial charge in [-0.1, -0.05) is 13.3 Å². The number of rotatable bonds is 3. The summed E-state index contributed by atoms with van der Waals surface area (Å²) in [7, 11) is 0. The van der Waals surface area contributed by atoms with Gasteiger partial charge in [-0.05, 0) is 12.5 Å². The van der Waals surface area contributed by atoms with Crippen LogP contribution in [0.5, 0.6) is 0 Å². The van der Waals surface area contributed by atoms with E-state index in [4.69, 9.17) is 5.73 Å². The average molecular weight is 129 g/mol. The van der Waals surface area contributed by atoms with E-state index in [1.165, 1.54) is 0 Å². The van der Waals surface area contributed by atoms with Crippen molar-refractivity contribution in [1.29, 1.82) is 0 Å². The van der Waals surface area contributed by atoms with E-state index in [0.717, 1.165) is 11.5 Å². The van der Waals surface area contributed by atoms with E-state index in [1.807, 2.05) is 0 Å². The molecule has 0 amide bonds. The van der Waals surface area contributed by atoms with Crippen molar-refractivity contribution in [3.8, 4) is 0 Å². The second-order valence-electron chi connectivity index (χ2n) is 2.57. The highest BCUT2D eigenvalue weighted by Gasteiger charge is 2.30. The second kappa shape index (κ2) is 2.64. The number of hydroxylamine groups is 2. The molecular formula is C6H13N2O-. The van der Waals surface area contributed by atoms with E-state index in [2.05, 4.69) is 6.92 Å². The van der Waals surface area contributed by atoms with Crippen LogP contribution in [0.25, 0.3) is 0 Å². The molecule has 3 nitrogen and oxygen atoms in total. The Hall–Kier alpha value is -0.120. The van der Waals surface area contributed by atoms with Gasteiger partial charge in [-0.15, -0.1) is 0 Å². The third-order valence-corrected chi connectivity index (χ3v) is 1.97. The van der Waals surface area contributed by atoms with E-state index >= 15 is 0 Å². The third-order valence-electron chi connectivity index (χ3n) is 1.97. The van der Waals surface area contributed by atoms with Crippen molar-refractivity contribution < 1.29 is 0 Å². The summed E-state index contributed by atoms with van der Waals surface area (Å²) in [4.78, 5) is 0. The zero-order valence-electron chi connectivity index (χ0n) is 5.71. The predicted octanol–water partition coefficient (Wildman–Crippen LogP) is 0.153. The minimum Gasteiger partial charge on any atom is -0.785 e. The molecule has 1 heterocycles. The molecule has 1 aliphatic rings. The van der Waals surface area contributed by atoms with Crippen LogP contribution in [0.15, 0.2) is 0 Å². The topological polar surface area (TPSA) is 52.1 Å². The molecule has 0 saturated carbocycles. The van der Waals surface area contributed by atoms with Crippen molar-refractivity contribution in [2.75, 3.05) is 13.1 Å². The lowest BCUT2D eigenvalue weighted by Crippen LogP contribution is -2.20. The van der Waals surface area contributed by atoms with Gasteiger partial charge in [0.2, 0.25) is 0 Å². The fourth-order valence-electron chi connectivity index (χ4n) is 1.12. The summed E-state index contributed by atoms with van der Waals surface area (Å²) < 4.78 is 0. The van der Waals surface area contributed by atoms with Gasteiger partial charge in [0.25, 0.3) is 0 Å². The molecule has 0 radical (unpaired) electrons. The molecule has 0 aromatic carbocycles. The van der Waals surface area contributed by atoms with Crippen LogP contribution in [-0.2, 0) is 0 Å². The monoisotopic (exact) mass is 129 g/mol. The second-order valence-corrected chi connectivity index (χ2v) is 2.57. The maximum Gasteiger partial charge on any atom is 0.0136 e. The van der Waals surface area contributed by atoms with E-state index in [9.17, 15) is 5.21 Å². The highest BCUT2D eigenvalue weighted by molar-refractivity contribution is 4.94. The van der Waals surface area contributed by atoms with E-state index in [-0.39, 0.29) is 6.04 Å². The quantitative estimate of drug-likeness (QED) is 0.552. The lowest BCUT2D eigenvalue weighted by atomic mass is 10.0. The molecule has 2 N–H and O–H groups in total. The van der Waals surface area contributed by atoms with Gasteiger partial charge in [0, 0.05) is 12.6 Å². The van der Waals surface area contributed by atoms with Crippen LogP contribution >= 0.6 is 0 Å². The summed E-state index contributed by atoms with van der Waals surface area (Å²) in [5.74, 6) is 0.433. The van der Waals surface area contributed by atoms with Crippen molar-refractivity contribution in [3.05, 3.63) is 5.21 Å². The highest BCUT2D eigenvalue weighted by atomic mass is 16.5. The number of nitrogens with two attached hydrogens (primary N) is 1. The van der Waals surface area contributed by atoms with Crippen LogP contribution in [-0.4, -0.2) is 24.2 Å². The number of hydrogen-bond acceptors (Lipinski definition) is 3. The molecule has 54 valence electrons. The van der Waals surface area contributed by atoms with Gasteiger partial charge in [-0.25, -0.2) is 0 Å². The van der Waals surface area contributed by atoms with Crippen molar-refractivity contribution in [1.82, 2.24) is 5.06 Å². The molecule has 1 fully saturated rings. The Labute approximate surface area is 55.4 Å². The van der Waals surface area contributed by atoms with Gasteiger partial charge < -0.3 is 16.0 Å². The summed E-state index contributed by atoms with van der Waals surface area (Å²) in [6.45, 7) is 3.43. The molecule has 1 rings (SSSR count). The van der Waals surface area contributed by atoms with Crippen molar-refractivity contribution in [2.24, 2.45) is 11.7 Å². The van der Waals surface area contributed by atoms with Crippen LogP contribution < -0.4 is 5.73 Å².